The van der Waals surface area contributed by atoms with Crippen LogP contribution in [0.1, 0.15) is 49.8 Å². The molecule has 0 bridgehead atoms. The number of aromatic nitrogens is 1. The van der Waals surface area contributed by atoms with Gasteiger partial charge in [0.15, 0.2) is 0 Å². The Morgan fingerprint density at radius 3 is 2.27 bits per heavy atom. The molecule has 0 radical (unpaired) electrons. The van der Waals surface area contributed by atoms with Gasteiger partial charge in [-0.05, 0) is 68.3 Å². The number of carbonyl (C=O) groups excluding carboxylic acids is 2. The Balaban J connectivity index is 1.59. The fourth-order valence-electron chi connectivity index (χ4n) is 4.29. The van der Waals surface area contributed by atoms with Gasteiger partial charge in [-0.3, -0.25) is 9.59 Å². The number of halogens is 4. The number of carbonyl (C=O) groups is 2. The second kappa shape index (κ2) is 10.3. The van der Waals surface area contributed by atoms with Gasteiger partial charge in [0.2, 0.25) is 0 Å². The van der Waals surface area contributed by atoms with Crippen molar-refractivity contribution in [1.29, 1.82) is 0 Å². The second-order valence-corrected chi connectivity index (χ2v) is 10.4. The number of benzene rings is 2. The predicted octanol–water partition coefficient (Wildman–Crippen LogP) is 6.80. The van der Waals surface area contributed by atoms with Gasteiger partial charge < -0.3 is 15.1 Å². The lowest BCUT2D eigenvalue weighted by Crippen LogP contribution is -2.64. The summed E-state index contributed by atoms with van der Waals surface area (Å²) < 4.78 is 27.9. The minimum Gasteiger partial charge on any atom is -0.354 e. The molecule has 6 nitrogen and oxygen atoms in total. The molecular formula is C27H26Cl2F2N4O2. The SMILES string of the molecule is CC(C)c1nc(C(=O)N2CCN(c3ccc(Cl)c(F)c3)C(=O)C2(C)C)ccc1Nc1ccc(Cl)c(F)c1. The van der Waals surface area contributed by atoms with E-state index in [0.717, 1.165) is 0 Å². The minimum absolute atomic E-state index is 0.0205. The standard InChI is InChI=1S/C27H26Cl2F2N4O2/c1-15(2)24-22(32-16-5-7-18(28)20(30)13-16)9-10-23(33-24)25(36)35-12-11-34(26(37)27(35,3)4)17-6-8-19(29)21(31)14-17/h5-10,13-15,32H,11-12H2,1-4H3. The van der Waals surface area contributed by atoms with Crippen LogP contribution in [0.4, 0.5) is 25.8 Å². The lowest BCUT2D eigenvalue weighted by atomic mass is 9.96. The summed E-state index contributed by atoms with van der Waals surface area (Å²) in [4.78, 5) is 34.5. The fraction of sp³-hybridized carbons (Fsp3) is 0.296. The Kier molecular flexibility index (Phi) is 7.44. The molecule has 194 valence electrons. The number of hydrogen-bond donors (Lipinski definition) is 1. The molecule has 2 aromatic carbocycles. The average Bonchev–Trinajstić information content (AvgIpc) is 2.84. The van der Waals surface area contributed by atoms with Crippen molar-refractivity contribution in [3.8, 4) is 0 Å². The number of rotatable bonds is 5. The molecule has 2 amide bonds. The zero-order valence-electron chi connectivity index (χ0n) is 20.8. The van der Waals surface area contributed by atoms with Crippen molar-refractivity contribution in [2.75, 3.05) is 23.3 Å². The van der Waals surface area contributed by atoms with Crippen molar-refractivity contribution in [2.45, 2.75) is 39.2 Å². The molecule has 1 N–H and O–H groups in total. The van der Waals surface area contributed by atoms with Crippen molar-refractivity contribution in [1.82, 2.24) is 9.88 Å². The molecule has 0 saturated carbocycles. The van der Waals surface area contributed by atoms with E-state index in [4.69, 9.17) is 23.2 Å². The first-order valence-electron chi connectivity index (χ1n) is 11.7. The summed E-state index contributed by atoms with van der Waals surface area (Å²) in [6.07, 6.45) is 0. The van der Waals surface area contributed by atoms with E-state index in [1.807, 2.05) is 13.8 Å². The Morgan fingerprint density at radius 2 is 1.65 bits per heavy atom. The first kappa shape index (κ1) is 26.8. The van der Waals surface area contributed by atoms with Gasteiger partial charge in [0, 0.05) is 24.5 Å². The highest BCUT2D eigenvalue weighted by Crippen LogP contribution is 2.32. The van der Waals surface area contributed by atoms with Gasteiger partial charge in [0.05, 0.1) is 21.4 Å². The predicted molar refractivity (Wildman–Crippen MR) is 142 cm³/mol. The van der Waals surface area contributed by atoms with Crippen molar-refractivity contribution >= 4 is 52.1 Å². The molecule has 0 atom stereocenters. The Labute approximate surface area is 224 Å². The first-order valence-corrected chi connectivity index (χ1v) is 12.5. The summed E-state index contributed by atoms with van der Waals surface area (Å²) in [5, 5.41) is 3.13. The van der Waals surface area contributed by atoms with Crippen LogP contribution in [0.5, 0.6) is 0 Å². The van der Waals surface area contributed by atoms with E-state index < -0.39 is 23.1 Å². The molecule has 37 heavy (non-hydrogen) atoms. The van der Waals surface area contributed by atoms with Crippen LogP contribution >= 0.6 is 23.2 Å². The number of pyridine rings is 1. The summed E-state index contributed by atoms with van der Waals surface area (Å²) >= 11 is 11.6. The van der Waals surface area contributed by atoms with E-state index >= 15 is 0 Å². The van der Waals surface area contributed by atoms with Crippen LogP contribution in [0.3, 0.4) is 0 Å². The molecule has 1 aliphatic heterocycles. The highest BCUT2D eigenvalue weighted by molar-refractivity contribution is 6.31. The molecule has 4 rings (SSSR count). The van der Waals surface area contributed by atoms with Crippen molar-refractivity contribution in [2.24, 2.45) is 0 Å². The third kappa shape index (κ3) is 5.26. The maximum Gasteiger partial charge on any atom is 0.273 e. The Bertz CT molecular complexity index is 1380. The van der Waals surface area contributed by atoms with Gasteiger partial charge in [-0.25, -0.2) is 13.8 Å². The molecule has 1 aromatic heterocycles. The summed E-state index contributed by atoms with van der Waals surface area (Å²) in [6.45, 7) is 7.59. The lowest BCUT2D eigenvalue weighted by Gasteiger charge is -2.45. The van der Waals surface area contributed by atoms with Gasteiger partial charge in [0.25, 0.3) is 11.8 Å². The van der Waals surface area contributed by atoms with Crippen molar-refractivity contribution in [3.05, 3.63) is 81.6 Å². The molecule has 2 heterocycles. The molecule has 1 saturated heterocycles. The van der Waals surface area contributed by atoms with E-state index in [0.29, 0.717) is 22.8 Å². The third-order valence-electron chi connectivity index (χ3n) is 6.34. The molecule has 1 fully saturated rings. The second-order valence-electron chi connectivity index (χ2n) is 9.61. The summed E-state index contributed by atoms with van der Waals surface area (Å²) in [5.74, 6) is -1.97. The number of nitrogens with one attached hydrogen (secondary N) is 1. The first-order chi connectivity index (χ1) is 17.4. The van der Waals surface area contributed by atoms with Crippen LogP contribution in [0.25, 0.3) is 0 Å². The normalized spacial score (nSPS) is 15.3. The molecule has 3 aromatic rings. The number of hydrogen-bond acceptors (Lipinski definition) is 4. The minimum atomic E-state index is -1.21. The number of anilines is 3. The van der Waals surface area contributed by atoms with Crippen LogP contribution in [-0.4, -0.2) is 40.3 Å². The smallest absolute Gasteiger partial charge is 0.273 e. The van der Waals surface area contributed by atoms with Crippen molar-refractivity contribution in [3.63, 3.8) is 0 Å². The van der Waals surface area contributed by atoms with E-state index in [1.165, 1.54) is 34.1 Å². The molecule has 1 aliphatic rings. The average molecular weight is 547 g/mol. The van der Waals surface area contributed by atoms with Crippen LogP contribution in [-0.2, 0) is 4.79 Å². The zero-order valence-corrected chi connectivity index (χ0v) is 22.3. The fourth-order valence-corrected chi connectivity index (χ4v) is 4.52. The van der Waals surface area contributed by atoms with E-state index in [1.54, 1.807) is 38.1 Å². The molecule has 0 spiro atoms. The van der Waals surface area contributed by atoms with Crippen LogP contribution in [0.2, 0.25) is 10.0 Å². The number of nitrogens with zero attached hydrogens (tertiary/aromatic N) is 3. The Morgan fingerprint density at radius 1 is 1.00 bits per heavy atom. The van der Waals surface area contributed by atoms with E-state index in [9.17, 15) is 18.4 Å². The topological polar surface area (TPSA) is 65.5 Å². The molecule has 10 heteroatoms. The maximum atomic E-state index is 14.0. The molecule has 0 aliphatic carbocycles. The van der Waals surface area contributed by atoms with Gasteiger partial charge in [0.1, 0.15) is 22.9 Å². The lowest BCUT2D eigenvalue weighted by molar-refractivity contribution is -0.129. The number of piperazine rings is 1. The summed E-state index contributed by atoms with van der Waals surface area (Å²) in [6, 6.07) is 11.9. The van der Waals surface area contributed by atoms with Crippen LogP contribution in [0.15, 0.2) is 48.5 Å². The van der Waals surface area contributed by atoms with Gasteiger partial charge in [-0.1, -0.05) is 37.0 Å². The van der Waals surface area contributed by atoms with E-state index in [2.05, 4.69) is 10.3 Å². The largest absolute Gasteiger partial charge is 0.354 e. The monoisotopic (exact) mass is 546 g/mol. The summed E-state index contributed by atoms with van der Waals surface area (Å²) in [7, 11) is 0. The van der Waals surface area contributed by atoms with Gasteiger partial charge >= 0.3 is 0 Å². The quantitative estimate of drug-likeness (QED) is 0.382. The number of amides is 2. The van der Waals surface area contributed by atoms with Crippen molar-refractivity contribution < 1.29 is 18.4 Å². The van der Waals surface area contributed by atoms with E-state index in [-0.39, 0.29) is 40.7 Å². The highest BCUT2D eigenvalue weighted by Gasteiger charge is 2.45. The van der Waals surface area contributed by atoms with Crippen LogP contribution in [0, 0.1) is 11.6 Å². The zero-order chi connectivity index (χ0) is 27.1. The van der Waals surface area contributed by atoms with Gasteiger partial charge in [-0.2, -0.15) is 0 Å². The molecular weight excluding hydrogens is 521 g/mol. The maximum absolute atomic E-state index is 14.0. The van der Waals surface area contributed by atoms with Crippen LogP contribution < -0.4 is 10.2 Å². The Hall–Kier alpha value is -3.23. The third-order valence-corrected chi connectivity index (χ3v) is 6.95. The molecule has 0 unspecified atom stereocenters. The highest BCUT2D eigenvalue weighted by atomic mass is 35.5. The van der Waals surface area contributed by atoms with Gasteiger partial charge in [-0.15, -0.1) is 0 Å². The summed E-state index contributed by atoms with van der Waals surface area (Å²) in [5.41, 5.74) is 1.08.